The van der Waals surface area contributed by atoms with Crippen LogP contribution in [0.3, 0.4) is 0 Å². The van der Waals surface area contributed by atoms with Crippen molar-refractivity contribution in [3.63, 3.8) is 0 Å². The third-order valence-electron chi connectivity index (χ3n) is 5.00. The Morgan fingerprint density at radius 3 is 2.52 bits per heavy atom. The molecule has 0 spiro atoms. The summed E-state index contributed by atoms with van der Waals surface area (Å²) in [5.74, 6) is 0. The van der Waals surface area contributed by atoms with Crippen LogP contribution in [0.4, 0.5) is 0 Å². The molecule has 0 aromatic rings. The standard InChI is InChI=1S/C15H28N4O3S/c1-18(9-5-8-16)23(20,21)17-14-15(6-3-2-4-7-15)19-10-12-22-13-11-19/h17H,2-7,9-14H2,1H3. The van der Waals surface area contributed by atoms with E-state index >= 15 is 0 Å². The molecule has 0 radical (unpaired) electrons. The summed E-state index contributed by atoms with van der Waals surface area (Å²) in [5, 5.41) is 8.62. The van der Waals surface area contributed by atoms with Crippen LogP contribution in [-0.2, 0) is 14.9 Å². The van der Waals surface area contributed by atoms with Crippen molar-refractivity contribution in [1.82, 2.24) is 13.9 Å². The Labute approximate surface area is 139 Å². The van der Waals surface area contributed by atoms with Crippen molar-refractivity contribution >= 4 is 10.2 Å². The average Bonchev–Trinajstić information content (AvgIpc) is 2.59. The monoisotopic (exact) mass is 344 g/mol. The highest BCUT2D eigenvalue weighted by atomic mass is 32.2. The predicted octanol–water partition coefficient (Wildman–Crippen LogP) is 0.701. The van der Waals surface area contributed by atoms with E-state index in [2.05, 4.69) is 9.62 Å². The molecule has 2 rings (SSSR count). The zero-order chi connectivity index (χ0) is 16.8. The maximum Gasteiger partial charge on any atom is 0.279 e. The first kappa shape index (κ1) is 18.6. The minimum Gasteiger partial charge on any atom is -0.379 e. The van der Waals surface area contributed by atoms with Gasteiger partial charge in [0.2, 0.25) is 0 Å². The van der Waals surface area contributed by atoms with Crippen LogP contribution in [0.25, 0.3) is 0 Å². The lowest BCUT2D eigenvalue weighted by molar-refractivity contribution is -0.0349. The number of morpholine rings is 1. The smallest absolute Gasteiger partial charge is 0.279 e. The number of nitrogens with one attached hydrogen (secondary N) is 1. The summed E-state index contributed by atoms with van der Waals surface area (Å²) >= 11 is 0. The molecule has 1 aliphatic heterocycles. The first-order chi connectivity index (χ1) is 11.0. The van der Waals surface area contributed by atoms with E-state index in [0.717, 1.165) is 52.0 Å². The molecule has 0 aromatic heterocycles. The van der Waals surface area contributed by atoms with Crippen molar-refractivity contribution in [3.8, 4) is 6.07 Å². The molecule has 0 unspecified atom stereocenters. The Morgan fingerprint density at radius 2 is 1.91 bits per heavy atom. The summed E-state index contributed by atoms with van der Waals surface area (Å²) in [6, 6.07) is 1.98. The molecular formula is C15H28N4O3S. The van der Waals surface area contributed by atoms with Crippen molar-refractivity contribution in [3.05, 3.63) is 0 Å². The van der Waals surface area contributed by atoms with Gasteiger partial charge in [-0.3, -0.25) is 4.90 Å². The normalized spacial score (nSPS) is 22.8. The van der Waals surface area contributed by atoms with Crippen LogP contribution in [0.2, 0.25) is 0 Å². The van der Waals surface area contributed by atoms with E-state index in [0.29, 0.717) is 6.54 Å². The summed E-state index contributed by atoms with van der Waals surface area (Å²) in [6.07, 6.45) is 5.76. The van der Waals surface area contributed by atoms with Gasteiger partial charge in [0, 0.05) is 45.2 Å². The minimum atomic E-state index is -3.53. The van der Waals surface area contributed by atoms with Crippen molar-refractivity contribution < 1.29 is 13.2 Å². The first-order valence-corrected chi connectivity index (χ1v) is 9.85. The van der Waals surface area contributed by atoms with Crippen molar-refractivity contribution in [1.29, 1.82) is 5.26 Å². The van der Waals surface area contributed by atoms with E-state index in [4.69, 9.17) is 10.00 Å². The SMILES string of the molecule is CN(CCC#N)S(=O)(=O)NCC1(N2CCOCC2)CCCCC1. The lowest BCUT2D eigenvalue weighted by atomic mass is 9.80. The second kappa shape index (κ2) is 8.40. The molecule has 132 valence electrons. The van der Waals surface area contributed by atoms with E-state index in [9.17, 15) is 8.42 Å². The third kappa shape index (κ3) is 4.88. The fourth-order valence-corrected chi connectivity index (χ4v) is 4.52. The maximum atomic E-state index is 12.4. The summed E-state index contributed by atoms with van der Waals surface area (Å²) in [7, 11) is -2.02. The second-order valence-electron chi connectivity index (χ2n) is 6.44. The second-order valence-corrected chi connectivity index (χ2v) is 8.30. The van der Waals surface area contributed by atoms with Crippen LogP contribution in [0, 0.1) is 11.3 Å². The Morgan fingerprint density at radius 1 is 1.26 bits per heavy atom. The molecular weight excluding hydrogens is 316 g/mol. The van der Waals surface area contributed by atoms with E-state index < -0.39 is 10.2 Å². The number of ether oxygens (including phenoxy) is 1. The highest BCUT2D eigenvalue weighted by Crippen LogP contribution is 2.34. The lowest BCUT2D eigenvalue weighted by Crippen LogP contribution is -2.60. The fraction of sp³-hybridized carbons (Fsp3) is 0.933. The molecule has 23 heavy (non-hydrogen) atoms. The van der Waals surface area contributed by atoms with Gasteiger partial charge in [-0.05, 0) is 12.8 Å². The molecule has 8 heteroatoms. The maximum absolute atomic E-state index is 12.4. The highest BCUT2D eigenvalue weighted by molar-refractivity contribution is 7.87. The number of hydrogen-bond acceptors (Lipinski definition) is 5. The molecule has 1 saturated carbocycles. The third-order valence-corrected chi connectivity index (χ3v) is 6.51. The van der Waals surface area contributed by atoms with Gasteiger partial charge < -0.3 is 4.74 Å². The minimum absolute atomic E-state index is 0.0921. The zero-order valence-electron chi connectivity index (χ0n) is 14.0. The largest absolute Gasteiger partial charge is 0.379 e. The Kier molecular flexibility index (Phi) is 6.80. The molecule has 1 aliphatic carbocycles. The van der Waals surface area contributed by atoms with Gasteiger partial charge in [0.15, 0.2) is 0 Å². The number of nitrogens with zero attached hydrogens (tertiary/aromatic N) is 3. The lowest BCUT2D eigenvalue weighted by Gasteiger charge is -2.48. The van der Waals surface area contributed by atoms with Gasteiger partial charge >= 0.3 is 0 Å². The molecule has 1 saturated heterocycles. The molecule has 0 aromatic carbocycles. The van der Waals surface area contributed by atoms with Crippen molar-refractivity contribution in [2.45, 2.75) is 44.1 Å². The quantitative estimate of drug-likeness (QED) is 0.735. The Bertz CT molecular complexity index is 505. The summed E-state index contributed by atoms with van der Waals surface area (Å²) in [6.45, 7) is 3.83. The van der Waals surface area contributed by atoms with Crippen LogP contribution in [-0.4, -0.2) is 69.6 Å². The van der Waals surface area contributed by atoms with Crippen LogP contribution in [0.1, 0.15) is 38.5 Å². The zero-order valence-corrected chi connectivity index (χ0v) is 14.8. The fourth-order valence-electron chi connectivity index (χ4n) is 3.52. The van der Waals surface area contributed by atoms with Crippen LogP contribution in [0.15, 0.2) is 0 Å². The first-order valence-electron chi connectivity index (χ1n) is 8.41. The van der Waals surface area contributed by atoms with Gasteiger partial charge in [-0.15, -0.1) is 0 Å². The van der Waals surface area contributed by atoms with E-state index in [-0.39, 0.29) is 18.5 Å². The molecule has 0 amide bonds. The average molecular weight is 344 g/mol. The van der Waals surface area contributed by atoms with Crippen LogP contribution in [0.5, 0.6) is 0 Å². The van der Waals surface area contributed by atoms with Crippen molar-refractivity contribution in [2.24, 2.45) is 0 Å². The van der Waals surface area contributed by atoms with Gasteiger partial charge in [0.25, 0.3) is 10.2 Å². The molecule has 0 atom stereocenters. The molecule has 1 N–H and O–H groups in total. The van der Waals surface area contributed by atoms with Crippen molar-refractivity contribution in [2.75, 3.05) is 46.4 Å². The topological polar surface area (TPSA) is 85.7 Å². The predicted molar refractivity (Wildman–Crippen MR) is 88.0 cm³/mol. The molecule has 7 nitrogen and oxygen atoms in total. The molecule has 2 aliphatic rings. The number of hydrogen-bond donors (Lipinski definition) is 1. The Hall–Kier alpha value is -0.720. The van der Waals surface area contributed by atoms with E-state index in [1.165, 1.54) is 17.8 Å². The summed E-state index contributed by atoms with van der Waals surface area (Å²) < 4.78 is 34.2. The van der Waals surface area contributed by atoms with Crippen LogP contribution < -0.4 is 4.72 Å². The van der Waals surface area contributed by atoms with Gasteiger partial charge in [-0.1, -0.05) is 19.3 Å². The molecule has 0 bridgehead atoms. The van der Waals surface area contributed by atoms with E-state index in [1.807, 2.05) is 6.07 Å². The summed E-state index contributed by atoms with van der Waals surface area (Å²) in [4.78, 5) is 2.41. The number of rotatable bonds is 7. The van der Waals surface area contributed by atoms with Gasteiger partial charge in [-0.25, -0.2) is 4.72 Å². The van der Waals surface area contributed by atoms with E-state index in [1.54, 1.807) is 0 Å². The highest BCUT2D eigenvalue weighted by Gasteiger charge is 2.39. The Balaban J connectivity index is 2.02. The van der Waals surface area contributed by atoms with Gasteiger partial charge in [-0.2, -0.15) is 18.0 Å². The molecule has 2 fully saturated rings. The molecule has 1 heterocycles. The summed E-state index contributed by atoms with van der Waals surface area (Å²) in [5.41, 5.74) is -0.0921. The van der Waals surface area contributed by atoms with Gasteiger partial charge in [0.1, 0.15) is 0 Å². The number of nitriles is 1. The van der Waals surface area contributed by atoms with Crippen LogP contribution >= 0.6 is 0 Å². The van der Waals surface area contributed by atoms with Gasteiger partial charge in [0.05, 0.1) is 19.3 Å².